The molecule has 0 unspecified atom stereocenters. The van der Waals surface area contributed by atoms with E-state index >= 15 is 0 Å². The fourth-order valence-electron chi connectivity index (χ4n) is 3.34. The third kappa shape index (κ3) is 4.14. The number of ether oxygens (including phenoxy) is 3. The maximum atomic E-state index is 13.0. The lowest BCUT2D eigenvalue weighted by atomic mass is 10.0. The maximum Gasteiger partial charge on any atom is 0.343 e. The first-order valence-electron chi connectivity index (χ1n) is 9.63. The lowest BCUT2D eigenvalue weighted by molar-refractivity contribution is 0.0734. The van der Waals surface area contributed by atoms with Gasteiger partial charge < -0.3 is 18.6 Å². The predicted octanol–water partition coefficient (Wildman–Crippen LogP) is 4.62. The second-order valence-electron chi connectivity index (χ2n) is 6.82. The van der Waals surface area contributed by atoms with Crippen LogP contribution in [-0.2, 0) is 6.42 Å². The van der Waals surface area contributed by atoms with E-state index in [1.165, 1.54) is 20.3 Å². The Bertz CT molecular complexity index is 1290. The smallest absolute Gasteiger partial charge is 0.343 e. The van der Waals surface area contributed by atoms with Crippen molar-refractivity contribution < 1.29 is 23.4 Å². The fourth-order valence-corrected chi connectivity index (χ4v) is 3.34. The molecule has 0 aliphatic rings. The first kappa shape index (κ1) is 20.2. The molecule has 1 heterocycles. The molecule has 6 heteroatoms. The molecule has 0 radical (unpaired) electrons. The van der Waals surface area contributed by atoms with Crippen LogP contribution in [0.15, 0.2) is 82.0 Å². The number of benzene rings is 3. The zero-order chi connectivity index (χ0) is 21.8. The van der Waals surface area contributed by atoms with Crippen molar-refractivity contribution >= 4 is 16.9 Å². The van der Waals surface area contributed by atoms with Gasteiger partial charge in [0, 0.05) is 6.42 Å². The van der Waals surface area contributed by atoms with E-state index in [2.05, 4.69) is 0 Å². The van der Waals surface area contributed by atoms with Crippen LogP contribution in [-0.4, -0.2) is 20.2 Å². The molecular weight excluding hydrogens is 396 g/mol. The molecule has 4 aromatic rings. The zero-order valence-corrected chi connectivity index (χ0v) is 17.1. The van der Waals surface area contributed by atoms with Crippen LogP contribution in [0.3, 0.4) is 0 Å². The minimum absolute atomic E-state index is 0.190. The Kier molecular flexibility index (Phi) is 5.71. The van der Waals surface area contributed by atoms with E-state index in [4.69, 9.17) is 18.6 Å². The molecule has 0 saturated carbocycles. The molecule has 0 saturated heterocycles. The number of hydrogen-bond acceptors (Lipinski definition) is 6. The average Bonchev–Trinajstić information content (AvgIpc) is 2.81. The van der Waals surface area contributed by atoms with Gasteiger partial charge in [-0.25, -0.2) is 9.59 Å². The van der Waals surface area contributed by atoms with Crippen LogP contribution >= 0.6 is 0 Å². The Morgan fingerprint density at radius 3 is 2.32 bits per heavy atom. The van der Waals surface area contributed by atoms with Crippen molar-refractivity contribution in [2.45, 2.75) is 6.42 Å². The third-order valence-electron chi connectivity index (χ3n) is 4.89. The molecule has 0 amide bonds. The summed E-state index contributed by atoms with van der Waals surface area (Å²) in [6.07, 6.45) is 0.266. The van der Waals surface area contributed by atoms with E-state index in [1.807, 2.05) is 30.3 Å². The topological polar surface area (TPSA) is 75.0 Å². The van der Waals surface area contributed by atoms with Crippen molar-refractivity contribution in [3.05, 3.63) is 99.9 Å². The number of methoxy groups -OCH3 is 2. The number of carbonyl (C=O) groups is 1. The maximum absolute atomic E-state index is 13.0. The van der Waals surface area contributed by atoms with Crippen LogP contribution in [0.25, 0.3) is 11.0 Å². The highest BCUT2D eigenvalue weighted by Crippen LogP contribution is 2.32. The zero-order valence-electron chi connectivity index (χ0n) is 17.1. The molecule has 0 fully saturated rings. The highest BCUT2D eigenvalue weighted by molar-refractivity contribution is 5.95. The van der Waals surface area contributed by atoms with Crippen molar-refractivity contribution in [3.63, 3.8) is 0 Å². The molecule has 3 aromatic carbocycles. The fraction of sp³-hybridized carbons (Fsp3) is 0.120. The van der Waals surface area contributed by atoms with Crippen LogP contribution in [0.5, 0.6) is 17.2 Å². The number of rotatable bonds is 6. The van der Waals surface area contributed by atoms with E-state index < -0.39 is 11.6 Å². The summed E-state index contributed by atoms with van der Waals surface area (Å²) in [5, 5.41) is 0.543. The first-order valence-corrected chi connectivity index (χ1v) is 9.63. The minimum atomic E-state index is -0.619. The lowest BCUT2D eigenvalue weighted by Gasteiger charge is -2.13. The highest BCUT2D eigenvalue weighted by Gasteiger charge is 2.21. The van der Waals surface area contributed by atoms with Crippen LogP contribution < -0.4 is 19.8 Å². The van der Waals surface area contributed by atoms with Gasteiger partial charge in [-0.2, -0.15) is 0 Å². The predicted molar refractivity (Wildman–Crippen MR) is 116 cm³/mol. The molecule has 31 heavy (non-hydrogen) atoms. The van der Waals surface area contributed by atoms with Gasteiger partial charge in [0.15, 0.2) is 17.2 Å². The van der Waals surface area contributed by atoms with Crippen molar-refractivity contribution in [3.8, 4) is 17.2 Å². The third-order valence-corrected chi connectivity index (χ3v) is 4.89. The van der Waals surface area contributed by atoms with Gasteiger partial charge in [0.1, 0.15) is 5.58 Å². The lowest BCUT2D eigenvalue weighted by Crippen LogP contribution is -2.16. The first-order chi connectivity index (χ1) is 15.1. The molecule has 0 spiro atoms. The Morgan fingerprint density at radius 1 is 0.871 bits per heavy atom. The van der Waals surface area contributed by atoms with Crippen molar-refractivity contribution in [1.82, 2.24) is 0 Å². The van der Waals surface area contributed by atoms with Gasteiger partial charge in [0.2, 0.25) is 0 Å². The average molecular weight is 416 g/mol. The van der Waals surface area contributed by atoms with Gasteiger partial charge in [-0.15, -0.1) is 0 Å². The Labute approximate surface area is 178 Å². The number of hydrogen-bond donors (Lipinski definition) is 0. The summed E-state index contributed by atoms with van der Waals surface area (Å²) in [6, 6.07) is 21.1. The normalized spacial score (nSPS) is 10.6. The molecule has 0 aliphatic carbocycles. The van der Waals surface area contributed by atoms with Gasteiger partial charge in [-0.1, -0.05) is 42.5 Å². The molecule has 1 aromatic heterocycles. The van der Waals surface area contributed by atoms with Crippen LogP contribution in [0.1, 0.15) is 21.5 Å². The number of fused-ring (bicyclic) bond motifs is 1. The summed E-state index contributed by atoms with van der Waals surface area (Å²) < 4.78 is 21.7. The molecule has 156 valence electrons. The number of para-hydroxylation sites is 1. The second-order valence-corrected chi connectivity index (χ2v) is 6.82. The second kappa shape index (κ2) is 8.75. The van der Waals surface area contributed by atoms with Crippen molar-refractivity contribution in [1.29, 1.82) is 0 Å². The van der Waals surface area contributed by atoms with E-state index in [-0.39, 0.29) is 23.3 Å². The summed E-state index contributed by atoms with van der Waals surface area (Å²) in [5.41, 5.74) is 1.24. The summed E-state index contributed by atoms with van der Waals surface area (Å²) >= 11 is 0. The minimum Gasteiger partial charge on any atom is -0.493 e. The number of esters is 1. The van der Waals surface area contributed by atoms with E-state index in [1.54, 1.807) is 36.4 Å². The Hall–Kier alpha value is -4.06. The molecular formula is C25H20O6. The molecule has 0 bridgehead atoms. The van der Waals surface area contributed by atoms with E-state index in [9.17, 15) is 9.59 Å². The molecule has 4 rings (SSSR count). The van der Waals surface area contributed by atoms with Gasteiger partial charge in [0.05, 0.1) is 30.7 Å². The van der Waals surface area contributed by atoms with Gasteiger partial charge >= 0.3 is 11.6 Å². The highest BCUT2D eigenvalue weighted by atomic mass is 16.5. The number of carbonyl (C=O) groups excluding carboxylic acids is 1. The molecule has 0 aliphatic heterocycles. The van der Waals surface area contributed by atoms with Crippen LogP contribution in [0, 0.1) is 0 Å². The largest absolute Gasteiger partial charge is 0.493 e. The SMILES string of the molecule is COc1ccc(C(=O)Oc2c(Cc3ccccc3)c(=O)oc3ccccc23)cc1OC. The monoisotopic (exact) mass is 416 g/mol. The van der Waals surface area contributed by atoms with Crippen LogP contribution in [0.4, 0.5) is 0 Å². The van der Waals surface area contributed by atoms with Crippen LogP contribution in [0.2, 0.25) is 0 Å². The van der Waals surface area contributed by atoms with Gasteiger partial charge in [-0.05, 0) is 35.9 Å². The van der Waals surface area contributed by atoms with Gasteiger partial charge in [0.25, 0.3) is 0 Å². The molecule has 6 nitrogen and oxygen atoms in total. The summed E-state index contributed by atoms with van der Waals surface area (Å²) in [7, 11) is 3.00. The quantitative estimate of drug-likeness (QED) is 0.337. The Balaban J connectivity index is 1.79. The Morgan fingerprint density at radius 2 is 1.58 bits per heavy atom. The summed E-state index contributed by atoms with van der Waals surface area (Å²) in [6.45, 7) is 0. The summed E-state index contributed by atoms with van der Waals surface area (Å²) in [5.74, 6) is 0.468. The van der Waals surface area contributed by atoms with Gasteiger partial charge in [-0.3, -0.25) is 0 Å². The van der Waals surface area contributed by atoms with Crippen molar-refractivity contribution in [2.24, 2.45) is 0 Å². The molecule has 0 atom stereocenters. The molecule has 0 N–H and O–H groups in total. The standard InChI is InChI=1S/C25H20O6/c1-28-21-13-12-17(15-22(21)29-2)24(26)31-23-18-10-6-7-11-20(18)30-25(27)19(23)14-16-8-4-3-5-9-16/h3-13,15H,14H2,1-2H3. The van der Waals surface area contributed by atoms with Crippen molar-refractivity contribution in [2.75, 3.05) is 14.2 Å². The summed E-state index contributed by atoms with van der Waals surface area (Å²) in [4.78, 5) is 25.8. The van der Waals surface area contributed by atoms with E-state index in [0.29, 0.717) is 22.5 Å². The van der Waals surface area contributed by atoms with E-state index in [0.717, 1.165) is 5.56 Å².